The summed E-state index contributed by atoms with van der Waals surface area (Å²) in [6, 6.07) is 17.2. The summed E-state index contributed by atoms with van der Waals surface area (Å²) >= 11 is 0. The molecule has 6 nitrogen and oxygen atoms in total. The zero-order valence-corrected chi connectivity index (χ0v) is 17.5. The molecule has 1 unspecified atom stereocenters. The predicted octanol–water partition coefficient (Wildman–Crippen LogP) is 3.61. The van der Waals surface area contributed by atoms with E-state index < -0.39 is 0 Å². The molecule has 0 spiro atoms. The van der Waals surface area contributed by atoms with Gasteiger partial charge in [-0.05, 0) is 37.1 Å². The molecule has 7 heteroatoms. The number of ether oxygens (including phenoxy) is 2. The van der Waals surface area contributed by atoms with E-state index in [0.717, 1.165) is 23.6 Å². The molecule has 0 saturated carbocycles. The molecule has 2 aromatic carbocycles. The van der Waals surface area contributed by atoms with Crippen LogP contribution in [0.2, 0.25) is 0 Å². The van der Waals surface area contributed by atoms with Gasteiger partial charge in [-0.25, -0.2) is 0 Å². The van der Waals surface area contributed by atoms with Crippen LogP contribution >= 0.6 is 24.0 Å². The van der Waals surface area contributed by atoms with Gasteiger partial charge in [0.2, 0.25) is 0 Å². The largest absolute Gasteiger partial charge is 0.457 e. The highest BCUT2D eigenvalue weighted by Gasteiger charge is 2.34. The van der Waals surface area contributed by atoms with Crippen LogP contribution in [0.15, 0.2) is 59.6 Å². The summed E-state index contributed by atoms with van der Waals surface area (Å²) in [7, 11) is 0. The number of rotatable bonds is 7. The topological polar surface area (TPSA) is 89.1 Å². The van der Waals surface area contributed by atoms with E-state index in [9.17, 15) is 5.11 Å². The maximum Gasteiger partial charge on any atom is 0.193 e. The van der Waals surface area contributed by atoms with Crippen LogP contribution in [0.5, 0.6) is 11.5 Å². The number of hydrogen-bond acceptors (Lipinski definition) is 4. The van der Waals surface area contributed by atoms with E-state index in [1.807, 2.05) is 54.6 Å². The predicted molar refractivity (Wildman–Crippen MR) is 118 cm³/mol. The molecule has 1 saturated heterocycles. The van der Waals surface area contributed by atoms with Crippen LogP contribution in [-0.2, 0) is 4.74 Å². The smallest absolute Gasteiger partial charge is 0.193 e. The molecule has 0 aromatic heterocycles. The van der Waals surface area contributed by atoms with Gasteiger partial charge >= 0.3 is 0 Å². The van der Waals surface area contributed by atoms with Gasteiger partial charge in [-0.3, -0.25) is 4.99 Å². The fraction of sp³-hybridized carbons (Fsp3) is 0.350. The van der Waals surface area contributed by atoms with E-state index in [0.29, 0.717) is 32.1 Å². The zero-order chi connectivity index (χ0) is 18.2. The Morgan fingerprint density at radius 2 is 1.96 bits per heavy atom. The summed E-state index contributed by atoms with van der Waals surface area (Å²) in [5, 5.41) is 12.4. The molecule has 0 radical (unpaired) electrons. The average Bonchev–Trinajstić information content (AvgIpc) is 3.10. The fourth-order valence-electron chi connectivity index (χ4n) is 2.99. The van der Waals surface area contributed by atoms with Gasteiger partial charge in [0, 0.05) is 30.4 Å². The first kappa shape index (κ1) is 21.5. The lowest BCUT2D eigenvalue weighted by Crippen LogP contribution is -2.30. The molecule has 0 bridgehead atoms. The number of aliphatic hydroxyl groups excluding tert-OH is 1. The number of benzene rings is 2. The lowest BCUT2D eigenvalue weighted by atomic mass is 9.84. The van der Waals surface area contributed by atoms with Crippen molar-refractivity contribution in [2.45, 2.75) is 12.8 Å². The van der Waals surface area contributed by atoms with E-state index in [4.69, 9.17) is 15.2 Å². The third-order valence-corrected chi connectivity index (χ3v) is 4.50. The second-order valence-electron chi connectivity index (χ2n) is 6.55. The van der Waals surface area contributed by atoms with Crippen molar-refractivity contribution in [3.8, 4) is 11.5 Å². The molecule has 1 heterocycles. The van der Waals surface area contributed by atoms with Crippen LogP contribution in [0.3, 0.4) is 0 Å². The van der Waals surface area contributed by atoms with Crippen molar-refractivity contribution in [2.24, 2.45) is 16.1 Å². The second kappa shape index (κ2) is 10.5. The van der Waals surface area contributed by atoms with Crippen molar-refractivity contribution in [3.05, 3.63) is 54.6 Å². The number of aliphatic hydroxyl groups is 1. The summed E-state index contributed by atoms with van der Waals surface area (Å²) < 4.78 is 11.3. The van der Waals surface area contributed by atoms with Crippen LogP contribution in [-0.4, -0.2) is 37.4 Å². The molecule has 4 N–H and O–H groups in total. The van der Waals surface area contributed by atoms with Crippen molar-refractivity contribution >= 4 is 35.6 Å². The third kappa shape index (κ3) is 6.37. The van der Waals surface area contributed by atoms with Gasteiger partial charge in [0.05, 0.1) is 13.2 Å². The van der Waals surface area contributed by atoms with Gasteiger partial charge in [-0.15, -0.1) is 24.0 Å². The van der Waals surface area contributed by atoms with E-state index in [2.05, 4.69) is 10.3 Å². The lowest BCUT2D eigenvalue weighted by molar-refractivity contribution is 0.131. The van der Waals surface area contributed by atoms with E-state index in [1.165, 1.54) is 0 Å². The minimum Gasteiger partial charge on any atom is -0.457 e. The second-order valence-corrected chi connectivity index (χ2v) is 6.55. The Morgan fingerprint density at radius 1 is 1.19 bits per heavy atom. The molecule has 1 fully saturated rings. The van der Waals surface area contributed by atoms with Gasteiger partial charge in [0.15, 0.2) is 5.96 Å². The number of nitrogens with zero attached hydrogens (tertiary/aromatic N) is 1. The average molecular weight is 483 g/mol. The molecule has 1 aliphatic heterocycles. The first-order chi connectivity index (χ1) is 12.7. The molecular formula is C20H26IN3O3. The van der Waals surface area contributed by atoms with Crippen molar-refractivity contribution in [2.75, 3.05) is 31.7 Å². The van der Waals surface area contributed by atoms with Crippen LogP contribution in [0.4, 0.5) is 5.69 Å². The Balaban J connectivity index is 0.00000261. The van der Waals surface area contributed by atoms with E-state index in [1.54, 1.807) is 0 Å². The number of anilines is 1. The highest BCUT2D eigenvalue weighted by molar-refractivity contribution is 14.0. The van der Waals surface area contributed by atoms with Crippen molar-refractivity contribution in [1.29, 1.82) is 0 Å². The first-order valence-electron chi connectivity index (χ1n) is 8.78. The van der Waals surface area contributed by atoms with Crippen LogP contribution in [0, 0.1) is 5.41 Å². The fourth-order valence-corrected chi connectivity index (χ4v) is 2.99. The van der Waals surface area contributed by atoms with Gasteiger partial charge < -0.3 is 25.6 Å². The highest BCUT2D eigenvalue weighted by Crippen LogP contribution is 2.32. The molecule has 0 amide bonds. The summed E-state index contributed by atoms with van der Waals surface area (Å²) in [6.07, 6.45) is 1.56. The number of hydrogen-bond donors (Lipinski definition) is 3. The molecule has 0 aliphatic carbocycles. The summed E-state index contributed by atoms with van der Waals surface area (Å²) in [4.78, 5) is 4.46. The number of halogens is 1. The molecule has 146 valence electrons. The van der Waals surface area contributed by atoms with Crippen molar-refractivity contribution in [3.63, 3.8) is 0 Å². The molecule has 1 aliphatic rings. The summed E-state index contributed by atoms with van der Waals surface area (Å²) in [5.41, 5.74) is 6.73. The van der Waals surface area contributed by atoms with Gasteiger partial charge in [0.1, 0.15) is 11.5 Å². The Bertz CT molecular complexity index is 734. The third-order valence-electron chi connectivity index (χ3n) is 4.50. The van der Waals surface area contributed by atoms with E-state index in [-0.39, 0.29) is 36.0 Å². The minimum absolute atomic E-state index is 0. The van der Waals surface area contributed by atoms with Gasteiger partial charge in [0.25, 0.3) is 0 Å². The zero-order valence-electron chi connectivity index (χ0n) is 15.1. The first-order valence-corrected chi connectivity index (χ1v) is 8.78. The number of para-hydroxylation sites is 1. The summed E-state index contributed by atoms with van der Waals surface area (Å²) in [5.74, 6) is 1.83. The Morgan fingerprint density at radius 3 is 2.67 bits per heavy atom. The number of nitrogens with one attached hydrogen (secondary N) is 1. The number of nitrogens with two attached hydrogens (primary N) is 1. The molecule has 27 heavy (non-hydrogen) atoms. The van der Waals surface area contributed by atoms with Crippen molar-refractivity contribution in [1.82, 2.24) is 0 Å². The SMILES string of the molecule is I.NC(=NCC1(CCO)CCOC1)Nc1cccc(Oc2ccccc2)c1. The van der Waals surface area contributed by atoms with Crippen LogP contribution < -0.4 is 15.8 Å². The van der Waals surface area contributed by atoms with Gasteiger partial charge in [-0.1, -0.05) is 24.3 Å². The Kier molecular flexibility index (Phi) is 8.33. The van der Waals surface area contributed by atoms with Crippen molar-refractivity contribution < 1.29 is 14.6 Å². The maximum atomic E-state index is 9.28. The number of aliphatic imine (C=N–C) groups is 1. The van der Waals surface area contributed by atoms with Gasteiger partial charge in [-0.2, -0.15) is 0 Å². The van der Waals surface area contributed by atoms with Crippen LogP contribution in [0.1, 0.15) is 12.8 Å². The number of guanidine groups is 1. The monoisotopic (exact) mass is 483 g/mol. The molecule has 2 aromatic rings. The summed E-state index contributed by atoms with van der Waals surface area (Å²) in [6.45, 7) is 1.99. The minimum atomic E-state index is -0.112. The maximum absolute atomic E-state index is 9.28. The van der Waals surface area contributed by atoms with Crippen LogP contribution in [0.25, 0.3) is 0 Å². The highest BCUT2D eigenvalue weighted by atomic mass is 127. The molecule has 3 rings (SSSR count). The Hall–Kier alpha value is -1.84. The Labute approximate surface area is 176 Å². The molecule has 1 atom stereocenters. The standard InChI is InChI=1S/C20H25N3O3.HI/c21-19(22-14-20(9-11-24)10-12-25-15-20)23-16-5-4-8-18(13-16)26-17-6-2-1-3-7-17;/h1-8,13,24H,9-12,14-15H2,(H3,21,22,23);1H. The van der Waals surface area contributed by atoms with E-state index >= 15 is 0 Å². The quantitative estimate of drug-likeness (QED) is 0.318. The molecular weight excluding hydrogens is 457 g/mol. The normalized spacial score (nSPS) is 19.4. The lowest BCUT2D eigenvalue weighted by Gasteiger charge is -2.24.